The van der Waals surface area contributed by atoms with Crippen molar-refractivity contribution in [2.75, 3.05) is 13.7 Å². The van der Waals surface area contributed by atoms with E-state index in [1.807, 2.05) is 24.3 Å². The molecule has 0 saturated heterocycles. The Morgan fingerprint density at radius 1 is 1.38 bits per heavy atom. The average molecular weight is 413 g/mol. The summed E-state index contributed by atoms with van der Waals surface area (Å²) in [6, 6.07) is 7.11. The molecule has 1 unspecified atom stereocenters. The van der Waals surface area contributed by atoms with Crippen LogP contribution in [0.2, 0.25) is 0 Å². The number of aromatic amines is 1. The molecule has 0 aliphatic carbocycles. The molecule has 1 aliphatic rings. The van der Waals surface area contributed by atoms with Crippen molar-refractivity contribution in [1.29, 1.82) is 0 Å². The van der Waals surface area contributed by atoms with Gasteiger partial charge in [0.05, 0.1) is 40.9 Å². The molecule has 0 radical (unpaired) electrons. The molecule has 0 bridgehead atoms. The average Bonchev–Trinajstić information content (AvgIpc) is 2.88. The molecule has 0 saturated carbocycles. The smallest absolute Gasteiger partial charge is 0.327 e. The zero-order valence-electron chi connectivity index (χ0n) is 13.7. The molecule has 4 heterocycles. The number of benzene rings is 1. The number of pyridine rings is 2. The summed E-state index contributed by atoms with van der Waals surface area (Å²) in [5, 5.41) is 0.770. The van der Waals surface area contributed by atoms with Gasteiger partial charge in [0, 0.05) is 12.3 Å². The summed E-state index contributed by atoms with van der Waals surface area (Å²) in [6.07, 6.45) is 3.37. The highest BCUT2D eigenvalue weighted by molar-refractivity contribution is 9.10. The maximum atomic E-state index is 12.7. The van der Waals surface area contributed by atoms with Gasteiger partial charge in [-0.3, -0.25) is 14.5 Å². The first-order valence-corrected chi connectivity index (χ1v) is 8.81. The summed E-state index contributed by atoms with van der Waals surface area (Å²) in [5.74, 6) is 1.24. The standard InChI is InChI=1S/C18H13BrN4O3/c1-25-13-6-10-14-16-11(7-21-10)22-18(24)23(16)12(8-26-17(14)15(13)19)9-4-2-3-5-20-9/h2-7,12H,8H2,1H3,(H,22,24). The van der Waals surface area contributed by atoms with Crippen molar-refractivity contribution >= 4 is 37.9 Å². The predicted molar refractivity (Wildman–Crippen MR) is 100.0 cm³/mol. The van der Waals surface area contributed by atoms with Crippen LogP contribution in [0.15, 0.2) is 45.9 Å². The van der Waals surface area contributed by atoms with Crippen LogP contribution in [0.5, 0.6) is 11.5 Å². The van der Waals surface area contributed by atoms with Crippen LogP contribution >= 0.6 is 15.9 Å². The van der Waals surface area contributed by atoms with E-state index < -0.39 is 0 Å². The monoisotopic (exact) mass is 412 g/mol. The number of hydrogen-bond acceptors (Lipinski definition) is 5. The van der Waals surface area contributed by atoms with Crippen LogP contribution in [0.3, 0.4) is 0 Å². The third kappa shape index (κ3) is 2.02. The highest BCUT2D eigenvalue weighted by Gasteiger charge is 2.29. The van der Waals surface area contributed by atoms with Gasteiger partial charge in [0.15, 0.2) is 0 Å². The molecular formula is C18H13BrN4O3. The SMILES string of the molecule is COc1cc2ncc3[nH]c(=O)n4c3c2c(c1Br)OCC4c1ccccn1. The Morgan fingerprint density at radius 2 is 2.27 bits per heavy atom. The number of aromatic nitrogens is 4. The van der Waals surface area contributed by atoms with E-state index in [-0.39, 0.29) is 18.3 Å². The van der Waals surface area contributed by atoms with Gasteiger partial charge in [-0.25, -0.2) is 4.79 Å². The van der Waals surface area contributed by atoms with Gasteiger partial charge in [0.1, 0.15) is 28.6 Å². The highest BCUT2D eigenvalue weighted by Crippen LogP contribution is 2.45. The molecule has 0 spiro atoms. The largest absolute Gasteiger partial charge is 0.495 e. The molecule has 1 atom stereocenters. The fourth-order valence-electron chi connectivity index (χ4n) is 3.49. The van der Waals surface area contributed by atoms with Crippen LogP contribution in [0, 0.1) is 0 Å². The van der Waals surface area contributed by atoms with E-state index in [2.05, 4.69) is 30.9 Å². The molecule has 1 aromatic carbocycles. The first-order valence-electron chi connectivity index (χ1n) is 8.02. The fourth-order valence-corrected chi connectivity index (χ4v) is 4.07. The number of nitrogens with zero attached hydrogens (tertiary/aromatic N) is 3. The topological polar surface area (TPSA) is 82.0 Å². The van der Waals surface area contributed by atoms with E-state index in [0.717, 1.165) is 16.6 Å². The van der Waals surface area contributed by atoms with E-state index in [4.69, 9.17) is 9.47 Å². The Labute approximate surface area is 155 Å². The molecule has 3 aromatic heterocycles. The number of H-pyrrole nitrogens is 1. The van der Waals surface area contributed by atoms with Gasteiger partial charge in [-0.2, -0.15) is 0 Å². The molecule has 130 valence electrons. The third-order valence-corrected chi connectivity index (χ3v) is 5.39. The minimum absolute atomic E-state index is 0.214. The van der Waals surface area contributed by atoms with E-state index in [9.17, 15) is 4.79 Å². The summed E-state index contributed by atoms with van der Waals surface area (Å²) in [6.45, 7) is 0.263. The second-order valence-corrected chi connectivity index (χ2v) is 6.81. The number of nitrogens with one attached hydrogen (secondary N) is 1. The van der Waals surface area contributed by atoms with Crippen LogP contribution in [0.1, 0.15) is 11.7 Å². The summed E-state index contributed by atoms with van der Waals surface area (Å²) >= 11 is 3.56. The highest BCUT2D eigenvalue weighted by atomic mass is 79.9. The van der Waals surface area contributed by atoms with Crippen LogP contribution in [-0.2, 0) is 0 Å². The van der Waals surface area contributed by atoms with Crippen molar-refractivity contribution in [3.8, 4) is 11.5 Å². The molecule has 1 N–H and O–H groups in total. The number of imidazole rings is 1. The molecule has 0 fully saturated rings. The molecule has 0 amide bonds. The predicted octanol–water partition coefficient (Wildman–Crippen LogP) is 3.03. The molecule has 7 nitrogen and oxygen atoms in total. The van der Waals surface area contributed by atoms with Gasteiger partial charge in [-0.15, -0.1) is 0 Å². The maximum Gasteiger partial charge on any atom is 0.327 e. The normalized spacial score (nSPS) is 16.0. The van der Waals surface area contributed by atoms with E-state index in [1.54, 1.807) is 24.1 Å². The van der Waals surface area contributed by atoms with E-state index in [0.29, 0.717) is 27.0 Å². The summed E-state index contributed by atoms with van der Waals surface area (Å²) in [5.41, 5.74) is 2.66. The first-order chi connectivity index (χ1) is 12.7. The zero-order valence-corrected chi connectivity index (χ0v) is 15.3. The number of halogens is 1. The minimum Gasteiger partial charge on any atom is -0.495 e. The lowest BCUT2D eigenvalue weighted by molar-refractivity contribution is 0.273. The summed E-state index contributed by atoms with van der Waals surface area (Å²) in [7, 11) is 1.59. The van der Waals surface area contributed by atoms with Gasteiger partial charge < -0.3 is 14.5 Å². The minimum atomic E-state index is -0.353. The number of hydrogen-bond donors (Lipinski definition) is 1. The summed E-state index contributed by atoms with van der Waals surface area (Å²) in [4.78, 5) is 24.5. The Kier molecular flexibility index (Phi) is 3.30. The molecule has 26 heavy (non-hydrogen) atoms. The third-order valence-electron chi connectivity index (χ3n) is 4.64. The fraction of sp³-hybridized carbons (Fsp3) is 0.167. The van der Waals surface area contributed by atoms with Crippen LogP contribution < -0.4 is 15.2 Å². The molecular weight excluding hydrogens is 400 g/mol. The Morgan fingerprint density at radius 3 is 3.04 bits per heavy atom. The summed E-state index contributed by atoms with van der Waals surface area (Å²) < 4.78 is 14.0. The van der Waals surface area contributed by atoms with E-state index >= 15 is 0 Å². The van der Waals surface area contributed by atoms with Crippen molar-refractivity contribution in [1.82, 2.24) is 19.5 Å². The van der Waals surface area contributed by atoms with Crippen molar-refractivity contribution in [3.63, 3.8) is 0 Å². The zero-order chi connectivity index (χ0) is 17.8. The van der Waals surface area contributed by atoms with Crippen molar-refractivity contribution in [3.05, 3.63) is 57.3 Å². The molecule has 4 aromatic rings. The van der Waals surface area contributed by atoms with Crippen LogP contribution in [-0.4, -0.2) is 33.2 Å². The van der Waals surface area contributed by atoms with Gasteiger partial charge in [-0.1, -0.05) is 6.07 Å². The van der Waals surface area contributed by atoms with Gasteiger partial charge in [0.2, 0.25) is 0 Å². The van der Waals surface area contributed by atoms with Crippen molar-refractivity contribution < 1.29 is 9.47 Å². The first kappa shape index (κ1) is 15.4. The van der Waals surface area contributed by atoms with E-state index in [1.165, 1.54) is 0 Å². The second kappa shape index (κ2) is 5.57. The Bertz CT molecular complexity index is 1220. The lowest BCUT2D eigenvalue weighted by atomic mass is 10.1. The van der Waals surface area contributed by atoms with Gasteiger partial charge in [0.25, 0.3) is 0 Å². The van der Waals surface area contributed by atoms with Crippen molar-refractivity contribution in [2.45, 2.75) is 6.04 Å². The number of methoxy groups -OCH3 is 1. The molecule has 5 rings (SSSR count). The molecule has 8 heteroatoms. The van der Waals surface area contributed by atoms with Crippen molar-refractivity contribution in [2.24, 2.45) is 0 Å². The van der Waals surface area contributed by atoms with Crippen LogP contribution in [0.25, 0.3) is 21.9 Å². The van der Waals surface area contributed by atoms with Gasteiger partial charge >= 0.3 is 5.69 Å². The number of ether oxygens (including phenoxy) is 2. The Balaban J connectivity index is 1.92. The lowest BCUT2D eigenvalue weighted by Gasteiger charge is -2.16. The van der Waals surface area contributed by atoms with Crippen LogP contribution in [0.4, 0.5) is 0 Å². The number of rotatable bonds is 2. The maximum absolute atomic E-state index is 12.7. The molecule has 1 aliphatic heterocycles. The Hall–Kier alpha value is -2.87. The lowest BCUT2D eigenvalue weighted by Crippen LogP contribution is -2.27. The quantitative estimate of drug-likeness (QED) is 0.547. The second-order valence-electron chi connectivity index (χ2n) is 6.02. The van der Waals surface area contributed by atoms with Gasteiger partial charge in [-0.05, 0) is 28.1 Å².